The molecule has 1 aliphatic carbocycles. The summed E-state index contributed by atoms with van der Waals surface area (Å²) in [5, 5.41) is 13.2. The molecule has 5 heteroatoms. The topological polar surface area (TPSA) is 67.2 Å². The monoisotopic (exact) mass is 299 g/mol. The first-order valence-electron chi connectivity index (χ1n) is 7.72. The number of carbonyl (C=O) groups is 1. The number of benzene rings is 1. The molecule has 22 heavy (non-hydrogen) atoms. The minimum absolute atomic E-state index is 0.0927. The van der Waals surface area contributed by atoms with E-state index in [2.05, 4.69) is 10.3 Å². The van der Waals surface area contributed by atoms with Gasteiger partial charge in [0, 0.05) is 18.9 Å². The summed E-state index contributed by atoms with van der Waals surface area (Å²) in [6.45, 7) is 0.448. The molecule has 5 nitrogen and oxygen atoms in total. The Kier molecular flexibility index (Phi) is 4.24. The van der Waals surface area contributed by atoms with E-state index in [1.807, 2.05) is 35.0 Å². The number of hydrogen-bond acceptors (Lipinski definition) is 3. The molecule has 1 heterocycles. The zero-order valence-electron chi connectivity index (χ0n) is 12.5. The van der Waals surface area contributed by atoms with Gasteiger partial charge in [0.2, 0.25) is 5.91 Å². The standard InChI is InChI=1S/C17H21N3O2/c21-16(11-17(22)7-3-4-8-17)19-12-14-5-1-2-6-15(14)20-10-9-18-13-20/h1-2,5-6,9-10,13,22H,3-4,7-8,11-12H2,(H,19,21). The maximum atomic E-state index is 12.1. The second-order valence-electron chi connectivity index (χ2n) is 5.98. The van der Waals surface area contributed by atoms with Crippen molar-refractivity contribution in [2.45, 2.75) is 44.2 Å². The summed E-state index contributed by atoms with van der Waals surface area (Å²) in [6, 6.07) is 7.89. The van der Waals surface area contributed by atoms with Gasteiger partial charge in [0.1, 0.15) is 0 Å². The van der Waals surface area contributed by atoms with Gasteiger partial charge in [-0.15, -0.1) is 0 Å². The van der Waals surface area contributed by atoms with E-state index in [4.69, 9.17) is 0 Å². The highest BCUT2D eigenvalue weighted by molar-refractivity contribution is 5.77. The number of nitrogens with zero attached hydrogens (tertiary/aromatic N) is 2. The molecule has 1 fully saturated rings. The van der Waals surface area contributed by atoms with Gasteiger partial charge in [-0.2, -0.15) is 0 Å². The molecule has 116 valence electrons. The minimum atomic E-state index is -0.798. The van der Waals surface area contributed by atoms with E-state index in [1.165, 1.54) is 0 Å². The Balaban J connectivity index is 1.63. The van der Waals surface area contributed by atoms with E-state index >= 15 is 0 Å². The molecule has 0 bridgehead atoms. The molecule has 0 aliphatic heterocycles. The lowest BCUT2D eigenvalue weighted by atomic mass is 9.97. The average molecular weight is 299 g/mol. The van der Waals surface area contributed by atoms with Gasteiger partial charge < -0.3 is 15.0 Å². The fraction of sp³-hybridized carbons (Fsp3) is 0.412. The van der Waals surface area contributed by atoms with E-state index in [-0.39, 0.29) is 12.3 Å². The van der Waals surface area contributed by atoms with Gasteiger partial charge in [0.25, 0.3) is 0 Å². The molecule has 2 aromatic rings. The first-order chi connectivity index (χ1) is 10.7. The smallest absolute Gasteiger partial charge is 0.223 e. The summed E-state index contributed by atoms with van der Waals surface area (Å²) in [4.78, 5) is 16.1. The van der Waals surface area contributed by atoms with Crippen LogP contribution in [0.3, 0.4) is 0 Å². The van der Waals surface area contributed by atoms with Crippen LogP contribution in [0, 0.1) is 0 Å². The van der Waals surface area contributed by atoms with Gasteiger partial charge in [0.05, 0.1) is 24.0 Å². The van der Waals surface area contributed by atoms with E-state index in [0.717, 1.165) is 36.9 Å². The molecule has 1 saturated carbocycles. The van der Waals surface area contributed by atoms with Gasteiger partial charge >= 0.3 is 0 Å². The van der Waals surface area contributed by atoms with Gasteiger partial charge in [-0.1, -0.05) is 31.0 Å². The van der Waals surface area contributed by atoms with Crippen molar-refractivity contribution in [3.05, 3.63) is 48.5 Å². The molecule has 0 spiro atoms. The van der Waals surface area contributed by atoms with Crippen LogP contribution < -0.4 is 5.32 Å². The molecule has 0 radical (unpaired) electrons. The molecule has 2 N–H and O–H groups in total. The van der Waals surface area contributed by atoms with Crippen LogP contribution in [-0.4, -0.2) is 26.2 Å². The van der Waals surface area contributed by atoms with Crippen molar-refractivity contribution >= 4 is 5.91 Å². The van der Waals surface area contributed by atoms with Crippen LogP contribution in [0.25, 0.3) is 5.69 Å². The number of nitrogens with one attached hydrogen (secondary N) is 1. The van der Waals surface area contributed by atoms with Crippen molar-refractivity contribution in [1.29, 1.82) is 0 Å². The first-order valence-corrected chi connectivity index (χ1v) is 7.72. The lowest BCUT2D eigenvalue weighted by molar-refractivity contribution is -0.126. The molecule has 1 aromatic carbocycles. The highest BCUT2D eigenvalue weighted by Crippen LogP contribution is 2.32. The molecule has 0 saturated heterocycles. The van der Waals surface area contributed by atoms with Crippen molar-refractivity contribution in [2.75, 3.05) is 0 Å². The van der Waals surface area contributed by atoms with Crippen molar-refractivity contribution in [1.82, 2.24) is 14.9 Å². The van der Waals surface area contributed by atoms with Gasteiger partial charge in [-0.05, 0) is 24.5 Å². The summed E-state index contributed by atoms with van der Waals surface area (Å²) in [5.41, 5.74) is 1.22. The maximum absolute atomic E-state index is 12.1. The van der Waals surface area contributed by atoms with Crippen LogP contribution in [0.5, 0.6) is 0 Å². The van der Waals surface area contributed by atoms with E-state index in [9.17, 15) is 9.90 Å². The van der Waals surface area contributed by atoms with Crippen LogP contribution in [0.4, 0.5) is 0 Å². The second kappa shape index (κ2) is 6.32. The Labute approximate surface area is 130 Å². The molecule has 0 unspecified atom stereocenters. The van der Waals surface area contributed by atoms with E-state index in [1.54, 1.807) is 12.5 Å². The predicted octanol–water partition coefficient (Wildman–Crippen LogP) is 2.18. The number of imidazole rings is 1. The third-order valence-electron chi connectivity index (χ3n) is 4.27. The van der Waals surface area contributed by atoms with Gasteiger partial charge in [-0.25, -0.2) is 4.98 Å². The lowest BCUT2D eigenvalue weighted by Gasteiger charge is -2.21. The van der Waals surface area contributed by atoms with E-state index < -0.39 is 5.60 Å². The Hall–Kier alpha value is -2.14. The fourth-order valence-corrected chi connectivity index (χ4v) is 3.08. The number of amides is 1. The SMILES string of the molecule is O=C(CC1(O)CCCC1)NCc1ccccc1-n1ccnc1. The highest BCUT2D eigenvalue weighted by atomic mass is 16.3. The molecular weight excluding hydrogens is 278 g/mol. The minimum Gasteiger partial charge on any atom is -0.389 e. The van der Waals surface area contributed by atoms with Crippen molar-refractivity contribution in [2.24, 2.45) is 0 Å². The fourth-order valence-electron chi connectivity index (χ4n) is 3.08. The van der Waals surface area contributed by atoms with Crippen LogP contribution in [0.1, 0.15) is 37.7 Å². The third-order valence-corrected chi connectivity index (χ3v) is 4.27. The van der Waals surface area contributed by atoms with Crippen LogP contribution >= 0.6 is 0 Å². The lowest BCUT2D eigenvalue weighted by Crippen LogP contribution is -2.34. The number of aromatic nitrogens is 2. The number of para-hydroxylation sites is 1. The summed E-state index contributed by atoms with van der Waals surface area (Å²) < 4.78 is 1.92. The van der Waals surface area contributed by atoms with Crippen molar-refractivity contribution in [3.63, 3.8) is 0 Å². The Morgan fingerprint density at radius 2 is 2.09 bits per heavy atom. The van der Waals surface area contributed by atoms with Gasteiger partial charge in [-0.3, -0.25) is 4.79 Å². The van der Waals surface area contributed by atoms with Crippen LogP contribution in [0.15, 0.2) is 43.0 Å². The van der Waals surface area contributed by atoms with Gasteiger partial charge in [0.15, 0.2) is 0 Å². The molecule has 1 amide bonds. The van der Waals surface area contributed by atoms with E-state index in [0.29, 0.717) is 6.54 Å². The summed E-state index contributed by atoms with van der Waals surface area (Å²) in [6.07, 6.45) is 9.01. The Morgan fingerprint density at radius 1 is 1.32 bits per heavy atom. The van der Waals surface area contributed by atoms with Crippen molar-refractivity contribution < 1.29 is 9.90 Å². The largest absolute Gasteiger partial charge is 0.389 e. The maximum Gasteiger partial charge on any atom is 0.223 e. The normalized spacial score (nSPS) is 16.6. The van der Waals surface area contributed by atoms with Crippen molar-refractivity contribution in [3.8, 4) is 5.69 Å². The molecule has 1 aliphatic rings. The quantitative estimate of drug-likeness (QED) is 0.889. The van der Waals surface area contributed by atoms with Crippen LogP contribution in [0.2, 0.25) is 0 Å². The summed E-state index contributed by atoms with van der Waals surface area (Å²) >= 11 is 0. The molecule has 0 atom stereocenters. The zero-order chi connectivity index (χ0) is 15.4. The second-order valence-corrected chi connectivity index (χ2v) is 5.98. The zero-order valence-corrected chi connectivity index (χ0v) is 12.5. The molecule has 1 aromatic heterocycles. The number of aliphatic hydroxyl groups is 1. The Morgan fingerprint density at radius 3 is 2.82 bits per heavy atom. The van der Waals surface area contributed by atoms with Crippen LogP contribution in [-0.2, 0) is 11.3 Å². The summed E-state index contributed by atoms with van der Waals surface area (Å²) in [7, 11) is 0. The Bertz CT molecular complexity index is 631. The first kappa shape index (κ1) is 14.8. The molecule has 3 rings (SSSR count). The third kappa shape index (κ3) is 3.36. The number of carbonyl (C=O) groups excluding carboxylic acids is 1. The number of rotatable bonds is 5. The average Bonchev–Trinajstić information content (AvgIpc) is 3.17. The molecular formula is C17H21N3O2. The summed E-state index contributed by atoms with van der Waals surface area (Å²) in [5.74, 6) is -0.0927. The highest BCUT2D eigenvalue weighted by Gasteiger charge is 2.33. The predicted molar refractivity (Wildman–Crippen MR) is 83.4 cm³/mol. The number of hydrogen-bond donors (Lipinski definition) is 2.